The van der Waals surface area contributed by atoms with E-state index >= 15 is 0 Å². The quantitative estimate of drug-likeness (QED) is 0.801. The molecular weight excluding hydrogens is 280 g/mol. The molecule has 0 spiro atoms. The van der Waals surface area contributed by atoms with Gasteiger partial charge in [-0.25, -0.2) is 0 Å². The van der Waals surface area contributed by atoms with Gasteiger partial charge in [0.25, 0.3) is 0 Å². The van der Waals surface area contributed by atoms with Crippen LogP contribution in [-0.4, -0.2) is 28.6 Å². The average Bonchev–Trinajstić information content (AvgIpc) is 3.07. The van der Waals surface area contributed by atoms with Crippen LogP contribution in [0.2, 0.25) is 0 Å². The first kappa shape index (κ1) is 14.3. The second-order valence-electron chi connectivity index (χ2n) is 5.68. The molecule has 3 rings (SSSR count). The summed E-state index contributed by atoms with van der Waals surface area (Å²) in [6.07, 6.45) is 0.144. The molecule has 2 heterocycles. The number of rotatable bonds is 3. The first-order valence-corrected chi connectivity index (χ1v) is 7.18. The monoisotopic (exact) mass is 298 g/mol. The summed E-state index contributed by atoms with van der Waals surface area (Å²) in [7, 11) is 0. The van der Waals surface area contributed by atoms with Crippen molar-refractivity contribution in [3.8, 4) is 0 Å². The molecule has 1 aliphatic heterocycles. The molecule has 3 N–H and O–H groups in total. The molecule has 1 atom stereocenters. The zero-order chi connectivity index (χ0) is 15.7. The Hall–Kier alpha value is -2.63. The lowest BCUT2D eigenvalue weighted by atomic mass is 9.78. The summed E-state index contributed by atoms with van der Waals surface area (Å²) in [5, 5.41) is 12.6. The van der Waals surface area contributed by atoms with Gasteiger partial charge in [-0.15, -0.1) is 0 Å². The van der Waals surface area contributed by atoms with E-state index in [0.29, 0.717) is 12.4 Å². The number of nitrogens with one attached hydrogen (secondary N) is 3. The molecule has 22 heavy (non-hydrogen) atoms. The van der Waals surface area contributed by atoms with Gasteiger partial charge in [-0.05, 0) is 19.4 Å². The fourth-order valence-corrected chi connectivity index (χ4v) is 2.74. The highest BCUT2D eigenvalue weighted by molar-refractivity contribution is 6.04. The molecule has 1 saturated heterocycles. The van der Waals surface area contributed by atoms with Crippen molar-refractivity contribution in [2.45, 2.75) is 25.7 Å². The van der Waals surface area contributed by atoms with E-state index in [9.17, 15) is 9.59 Å². The van der Waals surface area contributed by atoms with E-state index in [2.05, 4.69) is 20.8 Å². The van der Waals surface area contributed by atoms with Crippen molar-refractivity contribution in [3.05, 3.63) is 47.2 Å². The molecule has 0 aliphatic carbocycles. The topological polar surface area (TPSA) is 86.9 Å². The number of nitrogens with zero attached hydrogens (tertiary/aromatic N) is 1. The molecule has 2 aromatic rings. The van der Waals surface area contributed by atoms with Gasteiger partial charge in [0, 0.05) is 24.2 Å². The number of amides is 2. The van der Waals surface area contributed by atoms with Gasteiger partial charge in [0.15, 0.2) is 5.82 Å². The third-order valence-electron chi connectivity index (χ3n) is 4.30. The van der Waals surface area contributed by atoms with Gasteiger partial charge in [-0.1, -0.05) is 30.3 Å². The van der Waals surface area contributed by atoms with E-state index in [0.717, 1.165) is 16.8 Å². The largest absolute Gasteiger partial charge is 0.355 e. The highest BCUT2D eigenvalue weighted by Gasteiger charge is 2.46. The Labute approximate surface area is 128 Å². The van der Waals surface area contributed by atoms with Crippen molar-refractivity contribution >= 4 is 17.6 Å². The molecule has 1 unspecified atom stereocenters. The zero-order valence-corrected chi connectivity index (χ0v) is 12.6. The Morgan fingerprint density at radius 1 is 1.27 bits per heavy atom. The first-order valence-electron chi connectivity index (χ1n) is 7.18. The number of aryl methyl sites for hydroxylation is 1. The van der Waals surface area contributed by atoms with Crippen molar-refractivity contribution in [2.24, 2.45) is 0 Å². The van der Waals surface area contributed by atoms with Gasteiger partial charge < -0.3 is 10.6 Å². The maximum Gasteiger partial charge on any atom is 0.238 e. The van der Waals surface area contributed by atoms with Gasteiger partial charge in [-0.3, -0.25) is 14.7 Å². The highest BCUT2D eigenvalue weighted by atomic mass is 16.2. The van der Waals surface area contributed by atoms with E-state index in [1.807, 2.05) is 44.2 Å². The minimum absolute atomic E-state index is 0.117. The Morgan fingerprint density at radius 3 is 2.55 bits per heavy atom. The third kappa shape index (κ3) is 2.26. The van der Waals surface area contributed by atoms with Gasteiger partial charge >= 0.3 is 0 Å². The van der Waals surface area contributed by atoms with E-state index in [1.165, 1.54) is 0 Å². The number of hydrogen-bond acceptors (Lipinski definition) is 3. The molecule has 6 heteroatoms. The molecule has 114 valence electrons. The summed E-state index contributed by atoms with van der Waals surface area (Å²) in [4.78, 5) is 24.6. The number of carbonyl (C=O) groups excluding carboxylic acids is 2. The normalized spacial score (nSPS) is 20.7. The lowest BCUT2D eigenvalue weighted by Crippen LogP contribution is -2.42. The van der Waals surface area contributed by atoms with E-state index in [-0.39, 0.29) is 18.2 Å². The Kier molecular flexibility index (Phi) is 3.44. The predicted molar refractivity (Wildman–Crippen MR) is 82.4 cm³/mol. The van der Waals surface area contributed by atoms with Crippen LogP contribution >= 0.6 is 0 Å². The first-order chi connectivity index (χ1) is 10.5. The van der Waals surface area contributed by atoms with Crippen LogP contribution in [0.1, 0.15) is 23.2 Å². The van der Waals surface area contributed by atoms with Gasteiger partial charge in [0.1, 0.15) is 5.41 Å². The zero-order valence-electron chi connectivity index (χ0n) is 12.6. The minimum Gasteiger partial charge on any atom is -0.355 e. The van der Waals surface area contributed by atoms with Crippen LogP contribution in [0, 0.1) is 13.8 Å². The average molecular weight is 298 g/mol. The Bertz CT molecular complexity index is 723. The lowest BCUT2D eigenvalue weighted by molar-refractivity contribution is -0.124. The number of carbonyl (C=O) groups is 2. The van der Waals surface area contributed by atoms with E-state index in [4.69, 9.17) is 0 Å². The number of H-pyrrole nitrogens is 1. The molecule has 1 fully saturated rings. The predicted octanol–water partition coefficient (Wildman–Crippen LogP) is 1.42. The van der Waals surface area contributed by atoms with Crippen molar-refractivity contribution < 1.29 is 9.59 Å². The molecule has 0 saturated carbocycles. The summed E-state index contributed by atoms with van der Waals surface area (Å²) >= 11 is 0. The fraction of sp³-hybridized carbons (Fsp3) is 0.312. The number of aromatic amines is 1. The van der Waals surface area contributed by atoms with Crippen LogP contribution in [0.4, 0.5) is 5.82 Å². The highest BCUT2D eigenvalue weighted by Crippen LogP contribution is 2.33. The summed E-state index contributed by atoms with van der Waals surface area (Å²) in [6.45, 7) is 4.08. The summed E-state index contributed by atoms with van der Waals surface area (Å²) < 4.78 is 0. The number of aromatic nitrogens is 2. The van der Waals surface area contributed by atoms with Crippen molar-refractivity contribution in [2.75, 3.05) is 11.9 Å². The lowest BCUT2D eigenvalue weighted by Gasteiger charge is -2.26. The fourth-order valence-electron chi connectivity index (χ4n) is 2.74. The molecule has 2 amide bonds. The van der Waals surface area contributed by atoms with E-state index < -0.39 is 5.41 Å². The molecule has 1 aromatic carbocycles. The number of anilines is 1. The Balaban J connectivity index is 1.95. The van der Waals surface area contributed by atoms with Crippen molar-refractivity contribution in [1.82, 2.24) is 15.5 Å². The maximum absolute atomic E-state index is 12.9. The molecule has 1 aromatic heterocycles. The SMILES string of the molecule is Cc1[nH]nc(NC(=O)C2(c3ccccc3)CNC(=O)C2)c1C. The molecule has 0 radical (unpaired) electrons. The van der Waals surface area contributed by atoms with Crippen LogP contribution in [0.5, 0.6) is 0 Å². The summed E-state index contributed by atoms with van der Waals surface area (Å²) in [6, 6.07) is 9.39. The van der Waals surface area contributed by atoms with Crippen LogP contribution in [-0.2, 0) is 15.0 Å². The van der Waals surface area contributed by atoms with Gasteiger partial charge in [-0.2, -0.15) is 5.10 Å². The molecular formula is C16H18N4O2. The number of hydrogen-bond donors (Lipinski definition) is 3. The summed E-state index contributed by atoms with van der Waals surface area (Å²) in [5.74, 6) is 0.178. The van der Waals surface area contributed by atoms with Crippen molar-refractivity contribution in [1.29, 1.82) is 0 Å². The van der Waals surface area contributed by atoms with E-state index in [1.54, 1.807) is 0 Å². The van der Waals surface area contributed by atoms with Crippen LogP contribution in [0.3, 0.4) is 0 Å². The summed E-state index contributed by atoms with van der Waals surface area (Å²) in [5.41, 5.74) is 1.74. The van der Waals surface area contributed by atoms with Gasteiger partial charge in [0.05, 0.1) is 0 Å². The van der Waals surface area contributed by atoms with Crippen LogP contribution < -0.4 is 10.6 Å². The second-order valence-corrected chi connectivity index (χ2v) is 5.68. The minimum atomic E-state index is -0.891. The van der Waals surface area contributed by atoms with Gasteiger partial charge in [0.2, 0.25) is 11.8 Å². The standard InChI is InChI=1S/C16H18N4O2/c1-10-11(2)19-20-14(10)18-15(22)16(8-13(21)17-9-16)12-6-4-3-5-7-12/h3-7H,8-9H2,1-2H3,(H,17,21)(H2,18,19,20,22). The Morgan fingerprint density at radius 2 is 2.00 bits per heavy atom. The maximum atomic E-state index is 12.9. The second kappa shape index (κ2) is 5.29. The molecule has 6 nitrogen and oxygen atoms in total. The van der Waals surface area contributed by atoms with Crippen LogP contribution in [0.15, 0.2) is 30.3 Å². The number of benzene rings is 1. The molecule has 0 bridgehead atoms. The third-order valence-corrected chi connectivity index (χ3v) is 4.30. The van der Waals surface area contributed by atoms with Crippen LogP contribution in [0.25, 0.3) is 0 Å². The smallest absolute Gasteiger partial charge is 0.238 e. The van der Waals surface area contributed by atoms with Crippen molar-refractivity contribution in [3.63, 3.8) is 0 Å². The molecule has 1 aliphatic rings.